The summed E-state index contributed by atoms with van der Waals surface area (Å²) in [6, 6.07) is 11.6. The van der Waals surface area contributed by atoms with Crippen LogP contribution >= 0.6 is 23.2 Å². The molecular formula is C14H9Cl2NO2. The van der Waals surface area contributed by atoms with Crippen LogP contribution in [0, 0.1) is 10.1 Å². The summed E-state index contributed by atoms with van der Waals surface area (Å²) in [5.41, 5.74) is 1.86. The summed E-state index contributed by atoms with van der Waals surface area (Å²) in [5, 5.41) is 11.5. The van der Waals surface area contributed by atoms with E-state index in [1.54, 1.807) is 24.3 Å². The minimum absolute atomic E-state index is 0.0756. The van der Waals surface area contributed by atoms with Gasteiger partial charge < -0.3 is 0 Å². The number of rotatable bonds is 3. The van der Waals surface area contributed by atoms with Crippen LogP contribution < -0.4 is 0 Å². The Bertz CT molecular complexity index is 636. The van der Waals surface area contributed by atoms with E-state index in [2.05, 4.69) is 0 Å². The van der Waals surface area contributed by atoms with Crippen LogP contribution in [-0.4, -0.2) is 4.92 Å². The first-order valence-electron chi connectivity index (χ1n) is 5.44. The van der Waals surface area contributed by atoms with Crippen molar-refractivity contribution in [3.05, 3.63) is 73.8 Å². The summed E-state index contributed by atoms with van der Waals surface area (Å²) in [6.07, 6.45) is 3.71. The number of nitro groups is 1. The van der Waals surface area contributed by atoms with Crippen molar-refractivity contribution in [1.82, 2.24) is 0 Å². The quantitative estimate of drug-likeness (QED) is 0.450. The molecule has 0 aliphatic heterocycles. The molecule has 2 aromatic rings. The Labute approximate surface area is 120 Å². The van der Waals surface area contributed by atoms with E-state index in [4.69, 9.17) is 23.2 Å². The van der Waals surface area contributed by atoms with E-state index in [0.29, 0.717) is 10.0 Å². The Hall–Kier alpha value is -1.84. The molecule has 0 N–H and O–H groups in total. The van der Waals surface area contributed by atoms with Crippen LogP contribution in [0.15, 0.2) is 42.5 Å². The third kappa shape index (κ3) is 3.56. The number of non-ortho nitro benzene ring substituents is 1. The van der Waals surface area contributed by atoms with Crippen molar-refractivity contribution < 1.29 is 4.92 Å². The molecule has 2 aromatic carbocycles. The summed E-state index contributed by atoms with van der Waals surface area (Å²) < 4.78 is 0. The first-order chi connectivity index (χ1) is 9.06. The van der Waals surface area contributed by atoms with Crippen molar-refractivity contribution in [3.63, 3.8) is 0 Å². The number of benzene rings is 2. The summed E-state index contributed by atoms with van der Waals surface area (Å²) >= 11 is 11.7. The molecule has 96 valence electrons. The molecule has 3 nitrogen and oxygen atoms in total. The lowest BCUT2D eigenvalue weighted by molar-refractivity contribution is -0.384. The second-order valence-electron chi connectivity index (χ2n) is 3.86. The van der Waals surface area contributed by atoms with Crippen molar-refractivity contribution in [1.29, 1.82) is 0 Å². The second kappa shape index (κ2) is 5.87. The zero-order valence-corrected chi connectivity index (χ0v) is 11.2. The topological polar surface area (TPSA) is 43.1 Å². The molecule has 0 saturated carbocycles. The zero-order valence-electron chi connectivity index (χ0n) is 9.72. The first kappa shape index (κ1) is 13.6. The summed E-state index contributed by atoms with van der Waals surface area (Å²) in [6.45, 7) is 0. The van der Waals surface area contributed by atoms with E-state index in [0.717, 1.165) is 11.1 Å². The van der Waals surface area contributed by atoms with Gasteiger partial charge in [-0.05, 0) is 35.4 Å². The van der Waals surface area contributed by atoms with E-state index in [1.165, 1.54) is 12.1 Å². The largest absolute Gasteiger partial charge is 0.269 e. The third-order valence-corrected chi connectivity index (χ3v) is 3.25. The minimum atomic E-state index is -0.424. The van der Waals surface area contributed by atoms with Gasteiger partial charge in [-0.25, -0.2) is 0 Å². The van der Waals surface area contributed by atoms with Crippen LogP contribution in [0.25, 0.3) is 12.2 Å². The summed E-state index contributed by atoms with van der Waals surface area (Å²) in [4.78, 5) is 10.1. The smallest absolute Gasteiger partial charge is 0.258 e. The normalized spacial score (nSPS) is 10.8. The van der Waals surface area contributed by atoms with Crippen LogP contribution in [0.3, 0.4) is 0 Å². The first-order valence-corrected chi connectivity index (χ1v) is 6.19. The number of nitrogens with zero attached hydrogens (tertiary/aromatic N) is 1. The van der Waals surface area contributed by atoms with Gasteiger partial charge >= 0.3 is 0 Å². The summed E-state index contributed by atoms with van der Waals surface area (Å²) in [5.74, 6) is 0. The highest BCUT2D eigenvalue weighted by Crippen LogP contribution is 2.23. The lowest BCUT2D eigenvalue weighted by Gasteiger charge is -1.98. The number of hydrogen-bond donors (Lipinski definition) is 0. The maximum absolute atomic E-state index is 10.5. The van der Waals surface area contributed by atoms with E-state index >= 15 is 0 Å². The second-order valence-corrected chi connectivity index (χ2v) is 4.67. The molecular weight excluding hydrogens is 285 g/mol. The molecule has 0 spiro atoms. The average molecular weight is 294 g/mol. The van der Waals surface area contributed by atoms with Gasteiger partial charge in [-0.3, -0.25) is 10.1 Å². The van der Waals surface area contributed by atoms with Gasteiger partial charge in [-0.1, -0.05) is 41.4 Å². The van der Waals surface area contributed by atoms with Gasteiger partial charge in [0.2, 0.25) is 0 Å². The highest BCUT2D eigenvalue weighted by molar-refractivity contribution is 6.42. The molecule has 5 heteroatoms. The fourth-order valence-corrected chi connectivity index (χ4v) is 1.82. The molecule has 0 aliphatic carbocycles. The lowest BCUT2D eigenvalue weighted by Crippen LogP contribution is -1.86. The minimum Gasteiger partial charge on any atom is -0.258 e. The van der Waals surface area contributed by atoms with Crippen molar-refractivity contribution >= 4 is 41.0 Å². The molecule has 0 saturated heterocycles. The molecule has 0 fully saturated rings. The maximum atomic E-state index is 10.5. The summed E-state index contributed by atoms with van der Waals surface area (Å²) in [7, 11) is 0. The Morgan fingerprint density at radius 3 is 2.05 bits per heavy atom. The molecule has 0 atom stereocenters. The van der Waals surface area contributed by atoms with E-state index in [9.17, 15) is 10.1 Å². The number of hydrogen-bond acceptors (Lipinski definition) is 2. The van der Waals surface area contributed by atoms with Crippen LogP contribution in [0.2, 0.25) is 10.0 Å². The van der Waals surface area contributed by atoms with Crippen molar-refractivity contribution in [3.8, 4) is 0 Å². The molecule has 0 aromatic heterocycles. The standard InChI is InChI=1S/C14H9Cl2NO2/c15-13-8-5-11(9-14(13)16)2-1-10-3-6-12(7-4-10)17(18)19/h1-9H. The molecule has 2 rings (SSSR count). The lowest BCUT2D eigenvalue weighted by atomic mass is 10.1. The predicted octanol–water partition coefficient (Wildman–Crippen LogP) is 5.07. The molecule has 0 amide bonds. The Morgan fingerprint density at radius 2 is 1.47 bits per heavy atom. The van der Waals surface area contributed by atoms with Crippen LogP contribution in [-0.2, 0) is 0 Å². The SMILES string of the molecule is O=[N+]([O-])c1ccc(C=Cc2ccc(Cl)c(Cl)c2)cc1. The molecule has 0 aliphatic rings. The van der Waals surface area contributed by atoms with Gasteiger partial charge in [0, 0.05) is 12.1 Å². The van der Waals surface area contributed by atoms with Crippen molar-refractivity contribution in [2.45, 2.75) is 0 Å². The van der Waals surface area contributed by atoms with Crippen LogP contribution in [0.1, 0.15) is 11.1 Å². The fraction of sp³-hybridized carbons (Fsp3) is 0. The van der Waals surface area contributed by atoms with Crippen LogP contribution in [0.5, 0.6) is 0 Å². The average Bonchev–Trinajstić information content (AvgIpc) is 2.40. The van der Waals surface area contributed by atoms with Gasteiger partial charge in [0.1, 0.15) is 0 Å². The van der Waals surface area contributed by atoms with E-state index in [-0.39, 0.29) is 5.69 Å². The molecule has 0 unspecified atom stereocenters. The van der Waals surface area contributed by atoms with Gasteiger partial charge in [0.25, 0.3) is 5.69 Å². The van der Waals surface area contributed by atoms with Gasteiger partial charge in [-0.2, -0.15) is 0 Å². The molecule has 0 radical (unpaired) electrons. The Morgan fingerprint density at radius 1 is 0.895 bits per heavy atom. The molecule has 19 heavy (non-hydrogen) atoms. The Kier molecular flexibility index (Phi) is 4.20. The van der Waals surface area contributed by atoms with Gasteiger partial charge in [0.05, 0.1) is 15.0 Å². The molecule has 0 heterocycles. The van der Waals surface area contributed by atoms with Crippen molar-refractivity contribution in [2.24, 2.45) is 0 Å². The van der Waals surface area contributed by atoms with E-state index < -0.39 is 4.92 Å². The monoisotopic (exact) mass is 293 g/mol. The van der Waals surface area contributed by atoms with Crippen molar-refractivity contribution in [2.75, 3.05) is 0 Å². The highest BCUT2D eigenvalue weighted by Gasteiger charge is 2.02. The van der Waals surface area contributed by atoms with Crippen LogP contribution in [0.4, 0.5) is 5.69 Å². The highest BCUT2D eigenvalue weighted by atomic mass is 35.5. The maximum Gasteiger partial charge on any atom is 0.269 e. The zero-order chi connectivity index (χ0) is 13.8. The third-order valence-electron chi connectivity index (χ3n) is 2.52. The van der Waals surface area contributed by atoms with Gasteiger partial charge in [0.15, 0.2) is 0 Å². The van der Waals surface area contributed by atoms with E-state index in [1.807, 2.05) is 18.2 Å². The number of halogens is 2. The predicted molar refractivity (Wildman–Crippen MR) is 78.5 cm³/mol. The van der Waals surface area contributed by atoms with Gasteiger partial charge in [-0.15, -0.1) is 0 Å². The number of nitro benzene ring substituents is 1. The Balaban J connectivity index is 2.17. The molecule has 0 bridgehead atoms. The fourth-order valence-electron chi connectivity index (χ4n) is 1.52.